The van der Waals surface area contributed by atoms with Crippen LogP contribution in [0.5, 0.6) is 0 Å². The zero-order chi connectivity index (χ0) is 11.7. The summed E-state index contributed by atoms with van der Waals surface area (Å²) in [5.41, 5.74) is 7.87. The number of hydrogen-bond acceptors (Lipinski definition) is 2. The molecule has 0 amide bonds. The Hall–Kier alpha value is -1.06. The molecule has 86 valence electrons. The Morgan fingerprint density at radius 3 is 2.88 bits per heavy atom. The van der Waals surface area contributed by atoms with E-state index < -0.39 is 0 Å². The van der Waals surface area contributed by atoms with Crippen molar-refractivity contribution in [1.82, 2.24) is 9.38 Å². The van der Waals surface area contributed by atoms with Crippen molar-refractivity contribution in [1.29, 1.82) is 0 Å². The van der Waals surface area contributed by atoms with E-state index >= 15 is 0 Å². The molecule has 0 radical (unpaired) electrons. The molecule has 0 aliphatic carbocycles. The molecular formula is C12H16ClN3. The molecule has 2 heterocycles. The quantitative estimate of drug-likeness (QED) is 0.892. The van der Waals surface area contributed by atoms with Crippen molar-refractivity contribution in [2.45, 2.75) is 26.2 Å². The Morgan fingerprint density at radius 1 is 1.50 bits per heavy atom. The van der Waals surface area contributed by atoms with Crippen LogP contribution in [0, 0.1) is 0 Å². The van der Waals surface area contributed by atoms with Crippen molar-refractivity contribution in [3.05, 3.63) is 34.9 Å². The molecule has 2 aromatic rings. The lowest BCUT2D eigenvalue weighted by molar-refractivity contribution is 0.718. The highest BCUT2D eigenvalue weighted by Crippen LogP contribution is 2.24. The number of hydrogen-bond donors (Lipinski definition) is 1. The third kappa shape index (κ3) is 1.70. The first kappa shape index (κ1) is 11.4. The zero-order valence-corrected chi connectivity index (χ0v) is 10.3. The van der Waals surface area contributed by atoms with Crippen LogP contribution >= 0.6 is 11.6 Å². The van der Waals surface area contributed by atoms with E-state index in [9.17, 15) is 0 Å². The van der Waals surface area contributed by atoms with Crippen LogP contribution in [-0.2, 0) is 6.42 Å². The number of nitrogens with two attached hydrogens (primary N) is 1. The molecule has 0 saturated carbocycles. The number of aryl methyl sites for hydroxylation is 1. The minimum absolute atomic E-state index is 0.305. The van der Waals surface area contributed by atoms with E-state index in [1.807, 2.05) is 12.1 Å². The average Bonchev–Trinajstić information content (AvgIpc) is 2.65. The SMILES string of the molecule is CCc1nc(Cl)c2cccc(C(C)CN)n12. The third-order valence-electron chi connectivity index (χ3n) is 2.89. The molecule has 0 saturated heterocycles. The number of nitrogens with zero attached hydrogens (tertiary/aromatic N) is 2. The van der Waals surface area contributed by atoms with Crippen LogP contribution in [0.3, 0.4) is 0 Å². The molecule has 2 aromatic heterocycles. The Bertz CT molecular complexity index is 504. The lowest BCUT2D eigenvalue weighted by Crippen LogP contribution is -2.13. The van der Waals surface area contributed by atoms with E-state index in [1.54, 1.807) is 0 Å². The normalized spacial score (nSPS) is 13.2. The molecule has 2 N–H and O–H groups in total. The summed E-state index contributed by atoms with van der Waals surface area (Å²) in [5.74, 6) is 1.30. The van der Waals surface area contributed by atoms with E-state index in [4.69, 9.17) is 17.3 Å². The third-order valence-corrected chi connectivity index (χ3v) is 3.17. The molecule has 0 aromatic carbocycles. The zero-order valence-electron chi connectivity index (χ0n) is 9.57. The lowest BCUT2D eigenvalue weighted by Gasteiger charge is -2.13. The Kier molecular flexibility index (Phi) is 3.17. The summed E-state index contributed by atoms with van der Waals surface area (Å²) in [6.45, 7) is 4.81. The summed E-state index contributed by atoms with van der Waals surface area (Å²) in [4.78, 5) is 4.37. The van der Waals surface area contributed by atoms with Crippen molar-refractivity contribution in [2.75, 3.05) is 6.54 Å². The first-order valence-electron chi connectivity index (χ1n) is 5.54. The second-order valence-electron chi connectivity index (χ2n) is 3.98. The highest BCUT2D eigenvalue weighted by molar-refractivity contribution is 6.32. The highest BCUT2D eigenvalue weighted by atomic mass is 35.5. The number of aromatic nitrogens is 2. The first-order chi connectivity index (χ1) is 7.69. The topological polar surface area (TPSA) is 43.3 Å². The van der Waals surface area contributed by atoms with Gasteiger partial charge in [0.15, 0.2) is 5.15 Å². The van der Waals surface area contributed by atoms with Crippen LogP contribution in [0.4, 0.5) is 0 Å². The molecule has 2 rings (SSSR count). The molecule has 1 atom stereocenters. The summed E-state index contributed by atoms with van der Waals surface area (Å²) in [7, 11) is 0. The summed E-state index contributed by atoms with van der Waals surface area (Å²) >= 11 is 6.11. The Morgan fingerprint density at radius 2 is 2.25 bits per heavy atom. The van der Waals surface area contributed by atoms with Gasteiger partial charge in [-0.05, 0) is 12.1 Å². The number of rotatable bonds is 3. The fourth-order valence-electron chi connectivity index (χ4n) is 1.94. The number of pyridine rings is 1. The van der Waals surface area contributed by atoms with Crippen LogP contribution in [0.15, 0.2) is 18.2 Å². The van der Waals surface area contributed by atoms with Gasteiger partial charge in [-0.25, -0.2) is 4.98 Å². The van der Waals surface area contributed by atoms with Crippen LogP contribution < -0.4 is 5.73 Å². The minimum atomic E-state index is 0.305. The Balaban J connectivity index is 2.74. The second-order valence-corrected chi connectivity index (χ2v) is 4.34. The van der Waals surface area contributed by atoms with E-state index in [1.165, 1.54) is 5.69 Å². The van der Waals surface area contributed by atoms with Crippen molar-refractivity contribution in [3.8, 4) is 0 Å². The minimum Gasteiger partial charge on any atom is -0.330 e. The fraction of sp³-hybridized carbons (Fsp3) is 0.417. The van der Waals surface area contributed by atoms with Crippen LogP contribution in [0.25, 0.3) is 5.52 Å². The van der Waals surface area contributed by atoms with E-state index in [2.05, 4.69) is 29.3 Å². The predicted octanol–water partition coefficient (Wildman–Crippen LogP) is 2.61. The van der Waals surface area contributed by atoms with Crippen molar-refractivity contribution >= 4 is 17.1 Å². The molecule has 3 nitrogen and oxygen atoms in total. The standard InChI is InChI=1S/C12H16ClN3/c1-3-11-15-12(13)10-6-4-5-9(16(10)11)8(2)7-14/h4-6,8H,3,7,14H2,1-2H3. The van der Waals surface area contributed by atoms with Gasteiger partial charge in [0.05, 0.1) is 5.52 Å². The molecule has 0 bridgehead atoms. The molecule has 16 heavy (non-hydrogen) atoms. The van der Waals surface area contributed by atoms with Gasteiger partial charge in [-0.15, -0.1) is 0 Å². The first-order valence-corrected chi connectivity index (χ1v) is 5.92. The predicted molar refractivity (Wildman–Crippen MR) is 67.0 cm³/mol. The summed E-state index contributed by atoms with van der Waals surface area (Å²) in [6.07, 6.45) is 0.863. The van der Waals surface area contributed by atoms with Crippen molar-refractivity contribution in [3.63, 3.8) is 0 Å². The smallest absolute Gasteiger partial charge is 0.155 e. The van der Waals surface area contributed by atoms with Gasteiger partial charge in [-0.2, -0.15) is 0 Å². The van der Waals surface area contributed by atoms with Crippen molar-refractivity contribution < 1.29 is 0 Å². The lowest BCUT2D eigenvalue weighted by atomic mass is 10.1. The maximum atomic E-state index is 6.11. The van der Waals surface area contributed by atoms with Gasteiger partial charge in [0.1, 0.15) is 5.82 Å². The Labute approximate surface area is 100 Å². The van der Waals surface area contributed by atoms with Crippen LogP contribution in [0.1, 0.15) is 31.3 Å². The molecule has 0 fully saturated rings. The maximum absolute atomic E-state index is 6.11. The molecule has 1 unspecified atom stereocenters. The summed E-state index contributed by atoms with van der Waals surface area (Å²) in [6, 6.07) is 6.08. The van der Waals surface area contributed by atoms with Gasteiger partial charge in [0.2, 0.25) is 0 Å². The van der Waals surface area contributed by atoms with Gasteiger partial charge < -0.3 is 5.73 Å². The van der Waals surface area contributed by atoms with Crippen LogP contribution in [0.2, 0.25) is 5.15 Å². The van der Waals surface area contributed by atoms with E-state index in [0.29, 0.717) is 17.6 Å². The number of fused-ring (bicyclic) bond motifs is 1. The molecular weight excluding hydrogens is 222 g/mol. The number of halogens is 1. The highest BCUT2D eigenvalue weighted by Gasteiger charge is 2.14. The largest absolute Gasteiger partial charge is 0.330 e. The van der Waals surface area contributed by atoms with Crippen LogP contribution in [-0.4, -0.2) is 15.9 Å². The van der Waals surface area contributed by atoms with Gasteiger partial charge >= 0.3 is 0 Å². The monoisotopic (exact) mass is 237 g/mol. The van der Waals surface area contributed by atoms with Gasteiger partial charge in [-0.1, -0.05) is 31.5 Å². The van der Waals surface area contributed by atoms with Gasteiger partial charge in [0.25, 0.3) is 0 Å². The summed E-state index contributed by atoms with van der Waals surface area (Å²) in [5, 5.41) is 0.572. The number of imidazole rings is 1. The fourth-order valence-corrected chi connectivity index (χ4v) is 2.18. The summed E-state index contributed by atoms with van der Waals surface area (Å²) < 4.78 is 2.12. The van der Waals surface area contributed by atoms with E-state index in [0.717, 1.165) is 17.8 Å². The maximum Gasteiger partial charge on any atom is 0.155 e. The average molecular weight is 238 g/mol. The second kappa shape index (κ2) is 4.44. The molecule has 4 heteroatoms. The molecule has 0 spiro atoms. The van der Waals surface area contributed by atoms with E-state index in [-0.39, 0.29) is 0 Å². The molecule has 0 aliphatic rings. The van der Waals surface area contributed by atoms with Crippen molar-refractivity contribution in [2.24, 2.45) is 5.73 Å². The molecule has 0 aliphatic heterocycles. The van der Waals surface area contributed by atoms with Gasteiger partial charge in [0, 0.05) is 24.6 Å². The van der Waals surface area contributed by atoms with Gasteiger partial charge in [-0.3, -0.25) is 4.40 Å².